The van der Waals surface area contributed by atoms with Crippen molar-refractivity contribution in [2.45, 2.75) is 25.8 Å². The molecule has 27 heavy (non-hydrogen) atoms. The molecule has 1 aliphatic heterocycles. The van der Waals surface area contributed by atoms with Crippen LogP contribution in [-0.4, -0.2) is 31.7 Å². The molecule has 0 spiro atoms. The second-order valence-corrected chi connectivity index (χ2v) is 7.56. The van der Waals surface area contributed by atoms with E-state index in [2.05, 4.69) is 82.8 Å². The van der Waals surface area contributed by atoms with Crippen LogP contribution in [0.4, 0.5) is 5.69 Å². The molecule has 4 nitrogen and oxygen atoms in total. The predicted octanol–water partition coefficient (Wildman–Crippen LogP) is 0.101. The molecule has 0 aliphatic carbocycles. The fourth-order valence-corrected chi connectivity index (χ4v) is 3.17. The van der Waals surface area contributed by atoms with Gasteiger partial charge in [-0.1, -0.05) is 41.5 Å². The monoisotopic (exact) mass is 382 g/mol. The Bertz CT molecular complexity index is 849. The molecule has 3 rings (SSSR count). The Kier molecular flexibility index (Phi) is 6.94. The number of hydrogen-bond donors (Lipinski definition) is 1. The fourth-order valence-electron chi connectivity index (χ4n) is 3.17. The van der Waals surface area contributed by atoms with Crippen molar-refractivity contribution in [1.29, 1.82) is 0 Å². The van der Waals surface area contributed by atoms with Crippen LogP contribution in [0.15, 0.2) is 64.8 Å². The lowest BCUT2D eigenvalue weighted by Crippen LogP contribution is -3.00. The van der Waals surface area contributed by atoms with E-state index in [1.54, 1.807) is 6.21 Å². The van der Waals surface area contributed by atoms with Crippen molar-refractivity contribution >= 4 is 23.8 Å². The molecule has 0 aromatic heterocycles. The van der Waals surface area contributed by atoms with Gasteiger partial charge in [0.2, 0.25) is 0 Å². The first-order valence-electron chi connectivity index (χ1n) is 8.94. The summed E-state index contributed by atoms with van der Waals surface area (Å²) in [7, 11) is 4.08. The maximum absolute atomic E-state index is 4.46. The van der Waals surface area contributed by atoms with E-state index in [1.807, 2.05) is 26.2 Å². The van der Waals surface area contributed by atoms with E-state index in [0.29, 0.717) is 0 Å². The van der Waals surface area contributed by atoms with Gasteiger partial charge in [-0.05, 0) is 49.2 Å². The summed E-state index contributed by atoms with van der Waals surface area (Å²) in [6, 6.07) is 16.9. The Labute approximate surface area is 168 Å². The second-order valence-electron chi connectivity index (χ2n) is 7.56. The summed E-state index contributed by atoms with van der Waals surface area (Å²) in [6.07, 6.45) is 6.74. The van der Waals surface area contributed by atoms with Crippen molar-refractivity contribution in [2.75, 3.05) is 19.0 Å². The number of anilines is 1. The van der Waals surface area contributed by atoms with Gasteiger partial charge < -0.3 is 17.3 Å². The molecule has 1 aliphatic rings. The summed E-state index contributed by atoms with van der Waals surface area (Å²) >= 11 is 0. The lowest BCUT2D eigenvalue weighted by atomic mass is 9.87. The van der Waals surface area contributed by atoms with Gasteiger partial charge in [0.1, 0.15) is 5.54 Å². The average molecular weight is 383 g/mol. The second kappa shape index (κ2) is 8.98. The molecule has 0 amide bonds. The molecule has 1 heterocycles. The first-order valence-corrected chi connectivity index (χ1v) is 8.94. The number of halogens is 1. The van der Waals surface area contributed by atoms with Crippen molar-refractivity contribution in [3.63, 3.8) is 0 Å². The first-order chi connectivity index (χ1) is 12.4. The minimum Gasteiger partial charge on any atom is -1.00 e. The topological polar surface area (TPSA) is 44.6 Å². The summed E-state index contributed by atoms with van der Waals surface area (Å²) < 4.78 is 0. The van der Waals surface area contributed by atoms with Crippen LogP contribution >= 0.6 is 0 Å². The number of nitrogens with two attached hydrogens (primary N) is 1. The van der Waals surface area contributed by atoms with Gasteiger partial charge in [-0.2, -0.15) is 5.10 Å². The highest BCUT2D eigenvalue weighted by atomic mass is 35.5. The molecule has 2 aromatic rings. The normalized spacial score (nSPS) is 17.1. The van der Waals surface area contributed by atoms with Gasteiger partial charge in [0.15, 0.2) is 0 Å². The molecule has 2 N–H and O–H groups in total. The number of fused-ring (bicyclic) bond motifs is 1. The Balaban J connectivity index is 0.00000261. The molecule has 0 atom stereocenters. The van der Waals surface area contributed by atoms with Crippen molar-refractivity contribution in [1.82, 2.24) is 0 Å². The molecule has 0 unspecified atom stereocenters. The summed E-state index contributed by atoms with van der Waals surface area (Å²) in [5.41, 5.74) is 4.96. The van der Waals surface area contributed by atoms with Gasteiger partial charge in [0.05, 0.1) is 5.56 Å². The molecule has 0 fully saturated rings. The van der Waals surface area contributed by atoms with E-state index in [0.717, 1.165) is 17.8 Å². The lowest BCUT2D eigenvalue weighted by molar-refractivity contribution is -0.619. The molecule has 0 radical (unpaired) electrons. The number of hydrogen-bond acceptors (Lipinski definition) is 3. The first kappa shape index (κ1) is 20.9. The number of quaternary nitrogens is 1. The third kappa shape index (κ3) is 5.52. The van der Waals surface area contributed by atoms with E-state index in [9.17, 15) is 0 Å². The van der Waals surface area contributed by atoms with Crippen molar-refractivity contribution in [3.8, 4) is 0 Å². The van der Waals surface area contributed by atoms with Crippen LogP contribution in [0.3, 0.4) is 0 Å². The smallest absolute Gasteiger partial charge is 0.251 e. The highest BCUT2D eigenvalue weighted by Crippen LogP contribution is 2.18. The van der Waals surface area contributed by atoms with E-state index < -0.39 is 0 Å². The third-order valence-corrected chi connectivity index (χ3v) is 4.48. The number of allylic oxidation sites excluding steroid dienone is 1. The number of nitrogens with zero attached hydrogens (tertiary/aromatic N) is 3. The minimum atomic E-state index is 0. The van der Waals surface area contributed by atoms with Gasteiger partial charge in [-0.15, -0.1) is 0 Å². The van der Waals surface area contributed by atoms with Crippen LogP contribution in [0.2, 0.25) is 0 Å². The SMILES string of the molecule is CN(C)c1ccc(C=CC=N/N=C2\[NH2+]C(C)(C)Cc3ccccc32)cc1.[Cl-]. The zero-order valence-corrected chi connectivity index (χ0v) is 17.1. The average Bonchev–Trinajstić information content (AvgIpc) is 2.60. The Morgan fingerprint density at radius 2 is 1.74 bits per heavy atom. The molecule has 0 saturated carbocycles. The van der Waals surface area contributed by atoms with E-state index in [4.69, 9.17) is 0 Å². The fraction of sp³-hybridized carbons (Fsp3) is 0.273. The molecule has 5 heteroatoms. The van der Waals surface area contributed by atoms with Gasteiger partial charge in [0, 0.05) is 32.4 Å². The summed E-state index contributed by atoms with van der Waals surface area (Å²) in [5.74, 6) is 0.955. The van der Waals surface area contributed by atoms with Crippen LogP contribution < -0.4 is 22.6 Å². The van der Waals surface area contributed by atoms with Crippen molar-refractivity contribution in [3.05, 3.63) is 71.3 Å². The number of amidine groups is 1. The molecular formula is C22H27ClN4. The van der Waals surface area contributed by atoms with Gasteiger partial charge in [-0.25, -0.2) is 0 Å². The quantitative estimate of drug-likeness (QED) is 0.591. The van der Waals surface area contributed by atoms with Gasteiger partial charge in [0.25, 0.3) is 5.84 Å². The van der Waals surface area contributed by atoms with Crippen LogP contribution in [0.1, 0.15) is 30.5 Å². The maximum atomic E-state index is 4.46. The zero-order chi connectivity index (χ0) is 18.6. The Morgan fingerprint density at radius 1 is 1.04 bits per heavy atom. The standard InChI is InChI=1S/C22H26N4.ClH/c1-22(2)16-18-9-5-6-10-20(18)21(24-22)25-23-15-7-8-17-11-13-19(14-12-17)26(3)4;/h5-15H,16H2,1-4H3,(H,24,25);1H. The van der Waals surface area contributed by atoms with Gasteiger partial charge >= 0.3 is 0 Å². The van der Waals surface area contributed by atoms with Crippen molar-refractivity contribution in [2.24, 2.45) is 10.2 Å². The largest absolute Gasteiger partial charge is 1.00 e. The molecular weight excluding hydrogens is 356 g/mol. The molecule has 0 saturated heterocycles. The van der Waals surface area contributed by atoms with E-state index >= 15 is 0 Å². The van der Waals surface area contributed by atoms with Crippen LogP contribution in [-0.2, 0) is 6.42 Å². The zero-order valence-electron chi connectivity index (χ0n) is 16.4. The minimum absolute atomic E-state index is 0. The lowest BCUT2D eigenvalue weighted by Gasteiger charge is -2.29. The van der Waals surface area contributed by atoms with E-state index in [-0.39, 0.29) is 17.9 Å². The Morgan fingerprint density at radius 3 is 2.44 bits per heavy atom. The van der Waals surface area contributed by atoms with Crippen molar-refractivity contribution < 1.29 is 17.7 Å². The van der Waals surface area contributed by atoms with Gasteiger partial charge in [-0.3, -0.25) is 5.32 Å². The summed E-state index contributed by atoms with van der Waals surface area (Å²) in [6.45, 7) is 4.47. The molecule has 0 bridgehead atoms. The summed E-state index contributed by atoms with van der Waals surface area (Å²) in [5, 5.41) is 10.9. The van der Waals surface area contributed by atoms with Crippen LogP contribution in [0.5, 0.6) is 0 Å². The highest BCUT2D eigenvalue weighted by Gasteiger charge is 2.33. The van der Waals surface area contributed by atoms with E-state index in [1.165, 1.54) is 16.8 Å². The van der Waals surface area contributed by atoms with Crippen LogP contribution in [0, 0.1) is 0 Å². The molecule has 2 aromatic carbocycles. The molecule has 142 valence electrons. The maximum Gasteiger partial charge on any atom is 0.251 e. The third-order valence-electron chi connectivity index (χ3n) is 4.48. The summed E-state index contributed by atoms with van der Waals surface area (Å²) in [4.78, 5) is 2.09. The Hall–Kier alpha value is -2.43. The highest BCUT2D eigenvalue weighted by molar-refractivity contribution is 5.94. The predicted molar refractivity (Wildman–Crippen MR) is 111 cm³/mol. The van der Waals surface area contributed by atoms with Crippen LogP contribution in [0.25, 0.3) is 6.08 Å². The number of benzene rings is 2. The number of rotatable bonds is 4.